The van der Waals surface area contributed by atoms with Gasteiger partial charge in [-0.05, 0) is 55.4 Å². The van der Waals surface area contributed by atoms with E-state index in [-0.39, 0.29) is 35.5 Å². The fourth-order valence-electron chi connectivity index (χ4n) is 3.52. The summed E-state index contributed by atoms with van der Waals surface area (Å²) in [5.41, 5.74) is 1.45. The number of carbonyl (C=O) groups excluding carboxylic acids is 1. The van der Waals surface area contributed by atoms with Crippen LogP contribution in [0.2, 0.25) is 0 Å². The molecule has 0 aliphatic carbocycles. The maximum absolute atomic E-state index is 12.2. The van der Waals surface area contributed by atoms with E-state index in [1.807, 2.05) is 13.8 Å². The van der Waals surface area contributed by atoms with Crippen molar-refractivity contribution in [1.82, 2.24) is 0 Å². The van der Waals surface area contributed by atoms with Crippen molar-refractivity contribution < 1.29 is 34.4 Å². The number of hydrogen-bond donors (Lipinski definition) is 3. The zero-order chi connectivity index (χ0) is 24.5. The number of carbonyl (C=O) groups is 2. The van der Waals surface area contributed by atoms with Crippen molar-refractivity contribution in [2.75, 3.05) is 13.2 Å². The Morgan fingerprint density at radius 1 is 0.939 bits per heavy atom. The van der Waals surface area contributed by atoms with E-state index in [2.05, 4.69) is 0 Å². The van der Waals surface area contributed by atoms with Gasteiger partial charge in [0.25, 0.3) is 0 Å². The normalized spacial score (nSPS) is 11.9. The quantitative estimate of drug-likeness (QED) is 0.270. The maximum Gasteiger partial charge on any atom is 0.303 e. The van der Waals surface area contributed by atoms with Crippen LogP contribution in [-0.4, -0.2) is 40.3 Å². The van der Waals surface area contributed by atoms with E-state index in [9.17, 15) is 19.8 Å². The van der Waals surface area contributed by atoms with Crippen molar-refractivity contribution >= 4 is 11.8 Å². The van der Waals surface area contributed by atoms with Crippen LogP contribution < -0.4 is 9.47 Å². The number of carboxylic acids is 1. The number of hydrogen-bond acceptors (Lipinski definition) is 6. The van der Waals surface area contributed by atoms with Crippen LogP contribution in [0.3, 0.4) is 0 Å². The van der Waals surface area contributed by atoms with Gasteiger partial charge in [0.2, 0.25) is 0 Å². The van der Waals surface area contributed by atoms with Gasteiger partial charge in [0.1, 0.15) is 23.0 Å². The minimum atomic E-state index is -0.912. The highest BCUT2D eigenvalue weighted by Crippen LogP contribution is 2.33. The summed E-state index contributed by atoms with van der Waals surface area (Å²) in [6, 6.07) is 8.23. The molecule has 0 aliphatic rings. The molecule has 7 nitrogen and oxygen atoms in total. The number of aliphatic carboxylic acids is 1. The molecule has 0 heterocycles. The molecule has 0 radical (unpaired) electrons. The van der Waals surface area contributed by atoms with Crippen LogP contribution in [0.4, 0.5) is 0 Å². The summed E-state index contributed by atoms with van der Waals surface area (Å²) in [6.45, 7) is 8.27. The molecule has 180 valence electrons. The average molecular weight is 459 g/mol. The first-order valence-electron chi connectivity index (χ1n) is 11.3. The fourth-order valence-corrected chi connectivity index (χ4v) is 3.52. The lowest BCUT2D eigenvalue weighted by atomic mass is 9.97. The number of unbranched alkanes of at least 4 members (excludes halogenated alkanes) is 1. The van der Waals surface area contributed by atoms with Crippen LogP contribution in [-0.2, 0) is 4.79 Å². The molecule has 2 rings (SSSR count). The molecule has 1 atom stereocenters. The minimum absolute atomic E-state index is 0.0233. The lowest BCUT2D eigenvalue weighted by Crippen LogP contribution is -2.06. The van der Waals surface area contributed by atoms with Gasteiger partial charge in [0.05, 0.1) is 25.2 Å². The Labute approximate surface area is 195 Å². The highest BCUT2D eigenvalue weighted by Gasteiger charge is 2.17. The SMILES string of the molecule is Cc1c(OCCCCOc2ccc(C(C)CC(=O)O)c(O)c2)ccc(C(=O)CC(C)C)c1O. The van der Waals surface area contributed by atoms with Gasteiger partial charge in [-0.2, -0.15) is 0 Å². The van der Waals surface area contributed by atoms with Gasteiger partial charge in [0, 0.05) is 18.1 Å². The van der Waals surface area contributed by atoms with Crippen LogP contribution >= 0.6 is 0 Å². The summed E-state index contributed by atoms with van der Waals surface area (Å²) in [6.07, 6.45) is 1.76. The Balaban J connectivity index is 1.79. The van der Waals surface area contributed by atoms with E-state index in [1.165, 1.54) is 6.07 Å². The highest BCUT2D eigenvalue weighted by atomic mass is 16.5. The largest absolute Gasteiger partial charge is 0.508 e. The third-order valence-electron chi connectivity index (χ3n) is 5.35. The average Bonchev–Trinajstić information content (AvgIpc) is 2.72. The van der Waals surface area contributed by atoms with Crippen molar-refractivity contribution in [3.05, 3.63) is 47.0 Å². The smallest absolute Gasteiger partial charge is 0.303 e. The van der Waals surface area contributed by atoms with Crippen molar-refractivity contribution in [3.63, 3.8) is 0 Å². The van der Waals surface area contributed by atoms with Crippen molar-refractivity contribution in [2.24, 2.45) is 5.92 Å². The third kappa shape index (κ3) is 7.70. The molecule has 0 fully saturated rings. The molecule has 0 aliphatic heterocycles. The van der Waals surface area contributed by atoms with E-state index in [1.54, 1.807) is 38.1 Å². The first kappa shape index (κ1) is 26.0. The first-order chi connectivity index (χ1) is 15.6. The van der Waals surface area contributed by atoms with Crippen LogP contribution in [0.1, 0.15) is 73.9 Å². The zero-order valence-electron chi connectivity index (χ0n) is 19.8. The molecule has 0 bridgehead atoms. The Morgan fingerprint density at radius 2 is 1.61 bits per heavy atom. The molecule has 0 saturated carbocycles. The van der Waals surface area contributed by atoms with Gasteiger partial charge >= 0.3 is 5.97 Å². The van der Waals surface area contributed by atoms with Crippen molar-refractivity contribution in [3.8, 4) is 23.0 Å². The molecule has 7 heteroatoms. The number of rotatable bonds is 13. The number of ether oxygens (including phenoxy) is 2. The topological polar surface area (TPSA) is 113 Å². The first-order valence-corrected chi connectivity index (χ1v) is 11.3. The van der Waals surface area contributed by atoms with E-state index >= 15 is 0 Å². The molecule has 3 N–H and O–H groups in total. The summed E-state index contributed by atoms with van der Waals surface area (Å²) < 4.78 is 11.4. The molecular weight excluding hydrogens is 424 g/mol. The van der Waals surface area contributed by atoms with Crippen molar-refractivity contribution in [2.45, 2.75) is 59.3 Å². The number of aromatic hydroxyl groups is 2. The molecule has 1 unspecified atom stereocenters. The lowest BCUT2D eigenvalue weighted by molar-refractivity contribution is -0.137. The molecule has 0 aromatic heterocycles. The van der Waals surface area contributed by atoms with E-state index in [0.29, 0.717) is 60.7 Å². The summed E-state index contributed by atoms with van der Waals surface area (Å²) in [5.74, 6) is -0.00271. The van der Waals surface area contributed by atoms with Crippen LogP contribution in [0, 0.1) is 12.8 Å². The Kier molecular flexibility index (Phi) is 9.57. The number of phenols is 2. The van der Waals surface area contributed by atoms with Crippen LogP contribution in [0.15, 0.2) is 30.3 Å². The Hall–Kier alpha value is -3.22. The monoisotopic (exact) mass is 458 g/mol. The van der Waals surface area contributed by atoms with Gasteiger partial charge < -0.3 is 24.8 Å². The summed E-state index contributed by atoms with van der Waals surface area (Å²) in [5, 5.41) is 29.4. The number of benzene rings is 2. The van der Waals surface area contributed by atoms with Gasteiger partial charge in [-0.15, -0.1) is 0 Å². The third-order valence-corrected chi connectivity index (χ3v) is 5.35. The van der Waals surface area contributed by atoms with E-state index in [0.717, 1.165) is 0 Å². The second kappa shape index (κ2) is 12.1. The molecule has 0 saturated heterocycles. The molecule has 33 heavy (non-hydrogen) atoms. The number of carboxylic acid groups (broad SMARTS) is 1. The van der Waals surface area contributed by atoms with E-state index in [4.69, 9.17) is 14.6 Å². The Morgan fingerprint density at radius 3 is 2.21 bits per heavy atom. The predicted molar refractivity (Wildman–Crippen MR) is 126 cm³/mol. The molecular formula is C26H34O7. The molecule has 2 aromatic carbocycles. The standard InChI is InChI=1S/C26H34O7/c1-16(2)13-22(27)21-9-10-24(18(4)26(21)31)33-12-6-5-11-32-19-7-8-20(23(28)15-19)17(3)14-25(29)30/h7-10,15-17,28,31H,5-6,11-14H2,1-4H3,(H,29,30). The summed E-state index contributed by atoms with van der Waals surface area (Å²) in [4.78, 5) is 23.1. The molecule has 2 aromatic rings. The predicted octanol–water partition coefficient (Wildman–Crippen LogP) is 5.45. The van der Waals surface area contributed by atoms with Crippen molar-refractivity contribution in [1.29, 1.82) is 0 Å². The highest BCUT2D eigenvalue weighted by molar-refractivity contribution is 5.99. The Bertz CT molecular complexity index is 965. The van der Waals surface area contributed by atoms with Gasteiger partial charge in [-0.3, -0.25) is 9.59 Å². The number of Topliss-reactive ketones (excluding diaryl/α,β-unsaturated/α-hetero) is 1. The second-order valence-electron chi connectivity index (χ2n) is 8.73. The maximum atomic E-state index is 12.2. The summed E-state index contributed by atoms with van der Waals surface area (Å²) >= 11 is 0. The lowest BCUT2D eigenvalue weighted by Gasteiger charge is -2.14. The van der Waals surface area contributed by atoms with Gasteiger partial charge in [0.15, 0.2) is 5.78 Å². The number of phenolic OH excluding ortho intramolecular Hbond substituents is 2. The van der Waals surface area contributed by atoms with Crippen LogP contribution in [0.5, 0.6) is 23.0 Å². The van der Waals surface area contributed by atoms with Crippen LogP contribution in [0.25, 0.3) is 0 Å². The molecule has 0 spiro atoms. The second-order valence-corrected chi connectivity index (χ2v) is 8.73. The van der Waals surface area contributed by atoms with Gasteiger partial charge in [-0.25, -0.2) is 0 Å². The van der Waals surface area contributed by atoms with E-state index < -0.39 is 5.97 Å². The number of ketones is 1. The fraction of sp³-hybridized carbons (Fsp3) is 0.462. The molecule has 0 amide bonds. The summed E-state index contributed by atoms with van der Waals surface area (Å²) in [7, 11) is 0. The minimum Gasteiger partial charge on any atom is -0.508 e. The van der Waals surface area contributed by atoms with Gasteiger partial charge in [-0.1, -0.05) is 26.8 Å². The zero-order valence-corrected chi connectivity index (χ0v) is 19.8.